The Morgan fingerprint density at radius 2 is 1.93 bits per heavy atom. The van der Waals surface area contributed by atoms with E-state index in [0.29, 0.717) is 12.1 Å². The van der Waals surface area contributed by atoms with Crippen LogP contribution in [0, 0.1) is 0 Å². The lowest BCUT2D eigenvalue weighted by molar-refractivity contribution is 0.0950. The number of aromatic nitrogens is 3. The first-order chi connectivity index (χ1) is 13.5. The van der Waals surface area contributed by atoms with Crippen molar-refractivity contribution in [2.45, 2.75) is 13.0 Å². The minimum atomic E-state index is -0.235. The molecule has 3 rings (SSSR count). The van der Waals surface area contributed by atoms with Gasteiger partial charge in [0.15, 0.2) is 0 Å². The van der Waals surface area contributed by atoms with Gasteiger partial charge >= 0.3 is 0 Å². The van der Waals surface area contributed by atoms with Crippen molar-refractivity contribution in [2.75, 3.05) is 18.5 Å². The molecule has 0 bridgehead atoms. The van der Waals surface area contributed by atoms with Gasteiger partial charge in [-0.1, -0.05) is 12.1 Å². The highest BCUT2D eigenvalue weighted by Gasteiger charge is 2.12. The van der Waals surface area contributed by atoms with Gasteiger partial charge in [0.2, 0.25) is 5.56 Å². The fraction of sp³-hybridized carbons (Fsp3) is 0.238. The average molecular weight is 377 g/mol. The van der Waals surface area contributed by atoms with E-state index in [1.54, 1.807) is 19.4 Å². The van der Waals surface area contributed by atoms with Crippen LogP contribution in [-0.2, 0) is 20.0 Å². The van der Waals surface area contributed by atoms with Crippen LogP contribution in [0.1, 0.15) is 21.6 Å². The predicted molar refractivity (Wildman–Crippen MR) is 108 cm³/mol. The first kappa shape index (κ1) is 19.3. The number of carbonyl (C=O) groups is 1. The minimum absolute atomic E-state index is 0.152. The van der Waals surface area contributed by atoms with Gasteiger partial charge in [-0.15, -0.1) is 0 Å². The molecule has 144 valence electrons. The number of rotatable bonds is 7. The van der Waals surface area contributed by atoms with E-state index in [9.17, 15) is 9.59 Å². The molecule has 0 aliphatic carbocycles. The summed E-state index contributed by atoms with van der Waals surface area (Å²) in [6, 6.07) is 12.6. The third-order valence-corrected chi connectivity index (χ3v) is 4.45. The number of pyridine rings is 3. The summed E-state index contributed by atoms with van der Waals surface area (Å²) in [7, 11) is 3.60. The van der Waals surface area contributed by atoms with Crippen LogP contribution in [0.4, 0.5) is 5.82 Å². The Kier molecular flexibility index (Phi) is 6.16. The SMILES string of the molecule is CN(CCc1ccccn1)c1ncccc1CNC(=O)c1ccc(=O)n(C)c1. The van der Waals surface area contributed by atoms with Crippen LogP contribution >= 0.6 is 0 Å². The van der Waals surface area contributed by atoms with Crippen LogP contribution < -0.4 is 15.8 Å². The van der Waals surface area contributed by atoms with Crippen molar-refractivity contribution in [3.63, 3.8) is 0 Å². The van der Waals surface area contributed by atoms with Gasteiger partial charge in [-0.2, -0.15) is 0 Å². The Bertz CT molecular complexity index is 1000. The number of hydrogen-bond donors (Lipinski definition) is 1. The Hall–Kier alpha value is -3.48. The summed E-state index contributed by atoms with van der Waals surface area (Å²) in [5.74, 6) is 0.584. The van der Waals surface area contributed by atoms with Gasteiger partial charge in [-0.3, -0.25) is 14.6 Å². The van der Waals surface area contributed by atoms with Gasteiger partial charge in [0.25, 0.3) is 5.91 Å². The highest BCUT2D eigenvalue weighted by atomic mass is 16.2. The number of likely N-dealkylation sites (N-methyl/N-ethyl adjacent to an activating group) is 1. The molecule has 28 heavy (non-hydrogen) atoms. The lowest BCUT2D eigenvalue weighted by atomic mass is 10.2. The zero-order valence-corrected chi connectivity index (χ0v) is 16.0. The first-order valence-electron chi connectivity index (χ1n) is 9.04. The van der Waals surface area contributed by atoms with Crippen LogP contribution in [-0.4, -0.2) is 34.0 Å². The number of amides is 1. The molecule has 0 aromatic carbocycles. The summed E-state index contributed by atoms with van der Waals surface area (Å²) < 4.78 is 1.38. The van der Waals surface area contributed by atoms with Gasteiger partial charge in [0.1, 0.15) is 5.82 Å². The van der Waals surface area contributed by atoms with Crippen LogP contribution in [0.2, 0.25) is 0 Å². The zero-order valence-electron chi connectivity index (χ0n) is 16.0. The number of carbonyl (C=O) groups excluding carboxylic acids is 1. The number of hydrogen-bond acceptors (Lipinski definition) is 5. The normalized spacial score (nSPS) is 10.5. The molecule has 0 atom stereocenters. The Morgan fingerprint density at radius 1 is 1.11 bits per heavy atom. The van der Waals surface area contributed by atoms with Crippen LogP contribution in [0.5, 0.6) is 0 Å². The molecule has 3 aromatic heterocycles. The fourth-order valence-electron chi connectivity index (χ4n) is 2.85. The summed E-state index contributed by atoms with van der Waals surface area (Å²) in [5.41, 5.74) is 2.23. The molecule has 0 saturated heterocycles. The van der Waals surface area contributed by atoms with Gasteiger partial charge in [0, 0.05) is 69.5 Å². The maximum Gasteiger partial charge on any atom is 0.253 e. The second-order valence-corrected chi connectivity index (χ2v) is 6.53. The van der Waals surface area contributed by atoms with Gasteiger partial charge in [0.05, 0.1) is 5.56 Å². The lowest BCUT2D eigenvalue weighted by Gasteiger charge is -2.21. The second kappa shape index (κ2) is 8.94. The molecule has 0 unspecified atom stereocenters. The monoisotopic (exact) mass is 377 g/mol. The fourth-order valence-corrected chi connectivity index (χ4v) is 2.85. The van der Waals surface area contributed by atoms with E-state index in [1.165, 1.54) is 22.9 Å². The average Bonchev–Trinajstić information content (AvgIpc) is 2.73. The molecule has 0 aliphatic rings. The largest absolute Gasteiger partial charge is 0.359 e. The van der Waals surface area contributed by atoms with E-state index >= 15 is 0 Å². The van der Waals surface area contributed by atoms with Crippen LogP contribution in [0.3, 0.4) is 0 Å². The summed E-state index contributed by atoms with van der Waals surface area (Å²) in [5, 5.41) is 2.90. The molecule has 0 aliphatic heterocycles. The molecule has 1 amide bonds. The van der Waals surface area contributed by atoms with Crippen LogP contribution in [0.15, 0.2) is 65.8 Å². The van der Waals surface area contributed by atoms with E-state index in [0.717, 1.165) is 30.0 Å². The molecule has 3 heterocycles. The quantitative estimate of drug-likeness (QED) is 0.679. The number of nitrogens with one attached hydrogen (secondary N) is 1. The van der Waals surface area contributed by atoms with Gasteiger partial charge in [-0.25, -0.2) is 4.98 Å². The molecule has 7 heteroatoms. The van der Waals surface area contributed by atoms with Crippen molar-refractivity contribution in [3.8, 4) is 0 Å². The van der Waals surface area contributed by atoms with E-state index in [-0.39, 0.29) is 11.5 Å². The third-order valence-electron chi connectivity index (χ3n) is 4.45. The topological polar surface area (TPSA) is 80.1 Å². The van der Waals surface area contributed by atoms with Gasteiger partial charge in [-0.05, 0) is 24.3 Å². The highest BCUT2D eigenvalue weighted by Crippen LogP contribution is 2.16. The number of nitrogens with zero attached hydrogens (tertiary/aromatic N) is 4. The van der Waals surface area contributed by atoms with Crippen LogP contribution in [0.25, 0.3) is 0 Å². The summed E-state index contributed by atoms with van der Waals surface area (Å²) in [6.07, 6.45) is 5.86. The molecular weight excluding hydrogens is 354 g/mol. The summed E-state index contributed by atoms with van der Waals surface area (Å²) in [6.45, 7) is 1.11. The third kappa shape index (κ3) is 4.82. The summed E-state index contributed by atoms with van der Waals surface area (Å²) >= 11 is 0. The lowest BCUT2D eigenvalue weighted by Crippen LogP contribution is -2.28. The standard InChI is InChI=1S/C21H23N5O2/c1-25(13-10-18-7-3-4-11-22-18)20-16(6-5-12-23-20)14-24-21(28)17-8-9-19(27)26(2)15-17/h3-9,11-12,15H,10,13-14H2,1-2H3,(H,24,28). The highest BCUT2D eigenvalue weighted by molar-refractivity contribution is 5.93. The van der Waals surface area contributed by atoms with E-state index in [4.69, 9.17) is 0 Å². The predicted octanol–water partition coefficient (Wildman–Crippen LogP) is 1.78. The molecule has 0 fully saturated rings. The summed E-state index contributed by atoms with van der Waals surface area (Å²) in [4.78, 5) is 34.8. The smallest absolute Gasteiger partial charge is 0.253 e. The molecular formula is C21H23N5O2. The molecule has 0 saturated carbocycles. The maximum atomic E-state index is 12.4. The van der Waals surface area contributed by atoms with E-state index in [1.807, 2.05) is 37.4 Å². The van der Waals surface area contributed by atoms with Crippen molar-refractivity contribution in [3.05, 3.63) is 88.2 Å². The Labute approximate surface area is 163 Å². The van der Waals surface area contributed by atoms with Crippen molar-refractivity contribution in [2.24, 2.45) is 7.05 Å². The maximum absolute atomic E-state index is 12.4. The van der Waals surface area contributed by atoms with Crippen molar-refractivity contribution >= 4 is 11.7 Å². The molecule has 3 aromatic rings. The minimum Gasteiger partial charge on any atom is -0.359 e. The molecule has 0 spiro atoms. The number of aryl methyl sites for hydroxylation is 1. The first-order valence-corrected chi connectivity index (χ1v) is 9.04. The van der Waals surface area contributed by atoms with Gasteiger partial charge < -0.3 is 14.8 Å². The van der Waals surface area contributed by atoms with Crippen molar-refractivity contribution < 1.29 is 4.79 Å². The Balaban J connectivity index is 1.65. The molecule has 7 nitrogen and oxygen atoms in total. The van der Waals surface area contributed by atoms with E-state index in [2.05, 4.69) is 20.2 Å². The van der Waals surface area contributed by atoms with E-state index < -0.39 is 0 Å². The second-order valence-electron chi connectivity index (χ2n) is 6.53. The Morgan fingerprint density at radius 3 is 2.68 bits per heavy atom. The molecule has 0 radical (unpaired) electrons. The molecule has 1 N–H and O–H groups in total. The zero-order chi connectivity index (χ0) is 19.9. The van der Waals surface area contributed by atoms with Crippen molar-refractivity contribution in [1.82, 2.24) is 19.9 Å². The number of anilines is 1. The van der Waals surface area contributed by atoms with Crippen molar-refractivity contribution in [1.29, 1.82) is 0 Å².